The number of benzene rings is 2. The number of anilines is 1. The van der Waals surface area contributed by atoms with E-state index in [1.165, 1.54) is 0 Å². The van der Waals surface area contributed by atoms with Gasteiger partial charge in [0.2, 0.25) is 0 Å². The second-order valence-electron chi connectivity index (χ2n) is 8.19. The lowest BCUT2D eigenvalue weighted by Crippen LogP contribution is -2.36. The quantitative estimate of drug-likeness (QED) is 0.567. The first-order valence-corrected chi connectivity index (χ1v) is 9.99. The van der Waals surface area contributed by atoms with Crippen LogP contribution in [0.15, 0.2) is 64.3 Å². The highest BCUT2D eigenvalue weighted by Crippen LogP contribution is 2.48. The topological polar surface area (TPSA) is 46.9 Å². The fourth-order valence-electron chi connectivity index (χ4n) is 4.37. The molecule has 0 saturated heterocycles. The molecule has 1 N–H and O–H groups in total. The molecule has 4 nitrogen and oxygen atoms in total. The highest BCUT2D eigenvalue weighted by molar-refractivity contribution is 9.10. The molecule has 2 aliphatic rings. The fourth-order valence-corrected chi connectivity index (χ4v) is 4.88. The number of nitrogens with zero attached hydrogens (tertiary/aromatic N) is 2. The van der Waals surface area contributed by atoms with Gasteiger partial charge in [-0.25, -0.2) is 4.68 Å². The molecular weight excluding hydrogens is 402 g/mol. The number of Topliss-reactive ketones (excluding diaryl/α,β-unsaturated/α-hetero) is 1. The summed E-state index contributed by atoms with van der Waals surface area (Å²) in [4.78, 5) is 13.2. The van der Waals surface area contributed by atoms with Gasteiger partial charge in [0.15, 0.2) is 5.78 Å². The second kappa shape index (κ2) is 5.80. The van der Waals surface area contributed by atoms with E-state index in [9.17, 15) is 4.79 Å². The first kappa shape index (κ1) is 16.8. The summed E-state index contributed by atoms with van der Waals surface area (Å²) in [5, 5.41) is 9.51. The number of halogens is 1. The molecule has 1 aromatic heterocycles. The Hall–Kier alpha value is -2.40. The monoisotopic (exact) mass is 421 g/mol. The summed E-state index contributed by atoms with van der Waals surface area (Å²) in [5.74, 6) is 1.18. The molecule has 0 saturated carbocycles. The molecule has 0 bridgehead atoms. The Morgan fingerprint density at radius 2 is 1.85 bits per heavy atom. The standard InChI is InChI=1S/C22H20BrN3O/c1-22(2)11-17-19(18(27)12-22)20(13-7-3-5-9-15(13)23)26-21(24-17)14-8-4-6-10-16(14)25-26/h3-10,20,24H,11-12H2,1-2H3. The molecule has 1 aliphatic carbocycles. The minimum Gasteiger partial charge on any atom is -0.343 e. The van der Waals surface area contributed by atoms with Gasteiger partial charge < -0.3 is 5.32 Å². The summed E-state index contributed by atoms with van der Waals surface area (Å²) < 4.78 is 2.98. The van der Waals surface area contributed by atoms with Crippen molar-refractivity contribution in [3.8, 4) is 0 Å². The minimum atomic E-state index is -0.220. The summed E-state index contributed by atoms with van der Waals surface area (Å²) in [5.41, 5.74) is 3.84. The number of carbonyl (C=O) groups excluding carboxylic acids is 1. The molecule has 0 amide bonds. The van der Waals surface area contributed by atoms with Gasteiger partial charge in [-0.2, -0.15) is 5.10 Å². The van der Waals surface area contributed by atoms with E-state index in [2.05, 4.69) is 47.2 Å². The fraction of sp³-hybridized carbons (Fsp3) is 0.273. The highest BCUT2D eigenvalue weighted by Gasteiger charge is 2.42. The van der Waals surface area contributed by atoms with Gasteiger partial charge in [-0.05, 0) is 35.6 Å². The minimum absolute atomic E-state index is 0.0423. The van der Waals surface area contributed by atoms with Gasteiger partial charge in [0, 0.05) is 27.5 Å². The van der Waals surface area contributed by atoms with E-state index in [1.807, 2.05) is 41.1 Å². The molecule has 27 heavy (non-hydrogen) atoms. The predicted octanol–water partition coefficient (Wildman–Crippen LogP) is 5.46. The Morgan fingerprint density at radius 1 is 1.11 bits per heavy atom. The number of ketones is 1. The van der Waals surface area contributed by atoms with Crippen LogP contribution in [0.4, 0.5) is 5.82 Å². The van der Waals surface area contributed by atoms with E-state index in [0.717, 1.165) is 44.4 Å². The lowest BCUT2D eigenvalue weighted by molar-refractivity contribution is -0.118. The van der Waals surface area contributed by atoms with Crippen LogP contribution in [0.25, 0.3) is 10.9 Å². The molecule has 5 rings (SSSR count). The third-order valence-electron chi connectivity index (χ3n) is 5.51. The maximum absolute atomic E-state index is 13.2. The lowest BCUT2D eigenvalue weighted by Gasteiger charge is -2.39. The number of carbonyl (C=O) groups is 1. The molecule has 2 aromatic carbocycles. The molecule has 2 heterocycles. The van der Waals surface area contributed by atoms with Crippen LogP contribution in [-0.4, -0.2) is 15.6 Å². The molecule has 3 aromatic rings. The molecule has 136 valence electrons. The van der Waals surface area contributed by atoms with Gasteiger partial charge in [0.1, 0.15) is 11.9 Å². The van der Waals surface area contributed by atoms with E-state index >= 15 is 0 Å². The summed E-state index contributed by atoms with van der Waals surface area (Å²) in [6.07, 6.45) is 1.42. The molecular formula is C22H20BrN3O. The number of rotatable bonds is 1. The second-order valence-corrected chi connectivity index (χ2v) is 9.05. The van der Waals surface area contributed by atoms with Gasteiger partial charge in [-0.3, -0.25) is 4.79 Å². The lowest BCUT2D eigenvalue weighted by atomic mass is 9.73. The zero-order valence-electron chi connectivity index (χ0n) is 15.3. The number of hydrogen-bond donors (Lipinski definition) is 1. The number of fused-ring (bicyclic) bond motifs is 3. The Labute approximate surface area is 166 Å². The van der Waals surface area contributed by atoms with E-state index in [0.29, 0.717) is 6.42 Å². The maximum Gasteiger partial charge on any atom is 0.163 e. The van der Waals surface area contributed by atoms with Gasteiger partial charge in [-0.1, -0.05) is 60.1 Å². The van der Waals surface area contributed by atoms with Crippen molar-refractivity contribution in [2.24, 2.45) is 5.41 Å². The summed E-state index contributed by atoms with van der Waals surface area (Å²) in [7, 11) is 0. The first-order chi connectivity index (χ1) is 12.9. The van der Waals surface area contributed by atoms with Crippen molar-refractivity contribution in [3.05, 3.63) is 69.8 Å². The third kappa shape index (κ3) is 2.56. The summed E-state index contributed by atoms with van der Waals surface area (Å²) in [6, 6.07) is 16.0. The average molecular weight is 422 g/mol. The molecule has 0 fully saturated rings. The van der Waals surface area contributed by atoms with Crippen LogP contribution in [0.2, 0.25) is 0 Å². The van der Waals surface area contributed by atoms with Crippen LogP contribution >= 0.6 is 15.9 Å². The van der Waals surface area contributed by atoms with Gasteiger partial charge in [0.25, 0.3) is 0 Å². The Morgan fingerprint density at radius 3 is 2.67 bits per heavy atom. The van der Waals surface area contributed by atoms with Crippen LogP contribution in [0.1, 0.15) is 38.3 Å². The molecule has 0 spiro atoms. The molecule has 1 aliphatic heterocycles. The SMILES string of the molecule is CC1(C)CC(=O)C2=C(C1)Nc1c3ccccc3nn1C2c1ccccc1Br. The first-order valence-electron chi connectivity index (χ1n) is 9.19. The van der Waals surface area contributed by atoms with Crippen molar-refractivity contribution in [1.82, 2.24) is 9.78 Å². The maximum atomic E-state index is 13.2. The normalized spacial score (nSPS) is 21.0. The summed E-state index contributed by atoms with van der Waals surface area (Å²) in [6.45, 7) is 4.32. The van der Waals surface area contributed by atoms with Crippen molar-refractivity contribution < 1.29 is 4.79 Å². The van der Waals surface area contributed by atoms with E-state index in [-0.39, 0.29) is 17.2 Å². The smallest absolute Gasteiger partial charge is 0.163 e. The molecule has 5 heteroatoms. The van der Waals surface area contributed by atoms with Gasteiger partial charge >= 0.3 is 0 Å². The van der Waals surface area contributed by atoms with Gasteiger partial charge in [0.05, 0.1) is 5.52 Å². The number of allylic oxidation sites excluding steroid dienone is 2. The van der Waals surface area contributed by atoms with Crippen LogP contribution in [0.3, 0.4) is 0 Å². The van der Waals surface area contributed by atoms with Crippen LogP contribution < -0.4 is 5.32 Å². The third-order valence-corrected chi connectivity index (χ3v) is 6.23. The van der Waals surface area contributed by atoms with E-state index < -0.39 is 0 Å². The molecule has 1 unspecified atom stereocenters. The predicted molar refractivity (Wildman–Crippen MR) is 111 cm³/mol. The summed E-state index contributed by atoms with van der Waals surface area (Å²) >= 11 is 3.69. The highest BCUT2D eigenvalue weighted by atomic mass is 79.9. The van der Waals surface area contributed by atoms with Crippen LogP contribution in [0.5, 0.6) is 0 Å². The molecule has 0 radical (unpaired) electrons. The number of nitrogens with one attached hydrogen (secondary N) is 1. The Bertz CT molecular complexity index is 1130. The Balaban J connectivity index is 1.81. The number of aromatic nitrogens is 2. The molecule has 1 atom stereocenters. The van der Waals surface area contributed by atoms with Crippen LogP contribution in [0, 0.1) is 5.41 Å². The number of hydrogen-bond acceptors (Lipinski definition) is 3. The van der Waals surface area contributed by atoms with Crippen LogP contribution in [-0.2, 0) is 4.79 Å². The average Bonchev–Trinajstić information content (AvgIpc) is 2.98. The van der Waals surface area contributed by atoms with Crippen molar-refractivity contribution in [2.45, 2.75) is 32.7 Å². The van der Waals surface area contributed by atoms with Crippen molar-refractivity contribution in [3.63, 3.8) is 0 Å². The van der Waals surface area contributed by atoms with E-state index in [4.69, 9.17) is 5.10 Å². The largest absolute Gasteiger partial charge is 0.343 e. The van der Waals surface area contributed by atoms with Gasteiger partial charge in [-0.15, -0.1) is 0 Å². The van der Waals surface area contributed by atoms with Crippen molar-refractivity contribution in [2.75, 3.05) is 5.32 Å². The Kier molecular flexibility index (Phi) is 3.60. The zero-order valence-corrected chi connectivity index (χ0v) is 16.9. The van der Waals surface area contributed by atoms with E-state index in [1.54, 1.807) is 0 Å². The van der Waals surface area contributed by atoms with Crippen molar-refractivity contribution in [1.29, 1.82) is 0 Å². The zero-order chi connectivity index (χ0) is 18.8. The van der Waals surface area contributed by atoms with Crippen molar-refractivity contribution >= 4 is 38.4 Å².